The van der Waals surface area contributed by atoms with E-state index in [-0.39, 0.29) is 16.3 Å². The lowest BCUT2D eigenvalue weighted by Crippen LogP contribution is -2.25. The second-order valence-corrected chi connectivity index (χ2v) is 3.34. The van der Waals surface area contributed by atoms with E-state index in [1.807, 2.05) is 0 Å². The molecule has 0 bridgehead atoms. The molecule has 0 N–H and O–H groups in total. The third kappa shape index (κ3) is 1.66. The van der Waals surface area contributed by atoms with Gasteiger partial charge in [-0.15, -0.1) is 0 Å². The standard InChI is InChI=1S/C10H9ClN2O2/c1-3-13-9(11)8(5-14)6(2)7(4-12)10(13)15/h5H,3H2,1-2H3. The molecule has 1 rings (SSSR count). The van der Waals surface area contributed by atoms with Crippen molar-refractivity contribution in [1.29, 1.82) is 5.26 Å². The molecule has 5 heteroatoms. The first-order chi connectivity index (χ1) is 7.08. The minimum absolute atomic E-state index is 0.0247. The summed E-state index contributed by atoms with van der Waals surface area (Å²) in [5.41, 5.74) is 0.0679. The highest BCUT2D eigenvalue weighted by Crippen LogP contribution is 2.18. The van der Waals surface area contributed by atoms with Crippen molar-refractivity contribution >= 4 is 17.9 Å². The minimum Gasteiger partial charge on any atom is -0.298 e. The first kappa shape index (κ1) is 11.5. The van der Waals surface area contributed by atoms with Crippen LogP contribution in [0.25, 0.3) is 0 Å². The largest absolute Gasteiger partial charge is 0.298 e. The Morgan fingerprint density at radius 1 is 1.60 bits per heavy atom. The van der Waals surface area contributed by atoms with Gasteiger partial charge in [-0.25, -0.2) is 0 Å². The number of nitrogens with zero attached hydrogens (tertiary/aromatic N) is 2. The fraction of sp³-hybridized carbons (Fsp3) is 0.300. The summed E-state index contributed by atoms with van der Waals surface area (Å²) >= 11 is 5.87. The number of rotatable bonds is 2. The van der Waals surface area contributed by atoms with Gasteiger partial charge in [0.2, 0.25) is 0 Å². The number of aldehydes is 1. The van der Waals surface area contributed by atoms with Crippen molar-refractivity contribution in [2.24, 2.45) is 0 Å². The third-order valence-electron chi connectivity index (χ3n) is 2.24. The average molecular weight is 225 g/mol. The van der Waals surface area contributed by atoms with Crippen LogP contribution in [0.2, 0.25) is 5.15 Å². The zero-order valence-corrected chi connectivity index (χ0v) is 9.13. The van der Waals surface area contributed by atoms with Crippen molar-refractivity contribution in [2.45, 2.75) is 20.4 Å². The van der Waals surface area contributed by atoms with Gasteiger partial charge in [0.05, 0.1) is 5.56 Å². The Morgan fingerprint density at radius 3 is 2.60 bits per heavy atom. The van der Waals surface area contributed by atoms with Crippen molar-refractivity contribution in [3.05, 3.63) is 32.2 Å². The average Bonchev–Trinajstić information content (AvgIpc) is 2.19. The van der Waals surface area contributed by atoms with E-state index in [1.54, 1.807) is 13.0 Å². The van der Waals surface area contributed by atoms with Gasteiger partial charge in [-0.1, -0.05) is 11.6 Å². The molecule has 0 saturated heterocycles. The van der Waals surface area contributed by atoms with E-state index in [9.17, 15) is 9.59 Å². The molecule has 0 fully saturated rings. The maximum Gasteiger partial charge on any atom is 0.269 e. The summed E-state index contributed by atoms with van der Waals surface area (Å²) in [6.45, 7) is 3.58. The van der Waals surface area contributed by atoms with Gasteiger partial charge < -0.3 is 0 Å². The van der Waals surface area contributed by atoms with Crippen LogP contribution >= 0.6 is 11.6 Å². The van der Waals surface area contributed by atoms with Crippen LogP contribution in [0, 0.1) is 18.3 Å². The summed E-state index contributed by atoms with van der Waals surface area (Å²) in [6, 6.07) is 1.79. The molecule has 0 saturated carbocycles. The van der Waals surface area contributed by atoms with Crippen molar-refractivity contribution in [2.75, 3.05) is 0 Å². The molecule has 0 aliphatic heterocycles. The quantitative estimate of drug-likeness (QED) is 0.565. The van der Waals surface area contributed by atoms with Gasteiger partial charge in [0.1, 0.15) is 16.8 Å². The molecule has 0 aliphatic carbocycles. The molecule has 0 radical (unpaired) electrons. The molecular weight excluding hydrogens is 216 g/mol. The normalized spacial score (nSPS) is 9.73. The van der Waals surface area contributed by atoms with Crippen LogP contribution in [0.3, 0.4) is 0 Å². The molecule has 1 heterocycles. The summed E-state index contributed by atoms with van der Waals surface area (Å²) in [7, 11) is 0. The Bertz CT molecular complexity index is 512. The summed E-state index contributed by atoms with van der Waals surface area (Å²) in [5.74, 6) is 0. The molecule has 0 aliphatic rings. The SMILES string of the molecule is CCn1c(Cl)c(C=O)c(C)c(C#N)c1=O. The lowest BCUT2D eigenvalue weighted by Gasteiger charge is -2.10. The predicted octanol–water partition coefficient (Wildman–Crippen LogP) is 1.51. The number of halogens is 1. The van der Waals surface area contributed by atoms with Crippen LogP contribution in [0.4, 0.5) is 0 Å². The molecule has 78 valence electrons. The number of hydrogen-bond donors (Lipinski definition) is 0. The fourth-order valence-corrected chi connectivity index (χ4v) is 1.75. The van der Waals surface area contributed by atoms with E-state index in [2.05, 4.69) is 0 Å². The highest BCUT2D eigenvalue weighted by Gasteiger charge is 2.16. The molecule has 0 unspecified atom stereocenters. The molecule has 1 aromatic heterocycles. The number of carbonyl (C=O) groups excluding carboxylic acids is 1. The van der Waals surface area contributed by atoms with Crippen molar-refractivity contribution < 1.29 is 4.79 Å². The molecule has 0 spiro atoms. The summed E-state index contributed by atoms with van der Waals surface area (Å²) < 4.78 is 1.21. The Balaban J connectivity index is 3.83. The number of aromatic nitrogens is 1. The highest BCUT2D eigenvalue weighted by molar-refractivity contribution is 6.32. The third-order valence-corrected chi connectivity index (χ3v) is 2.65. The van der Waals surface area contributed by atoms with E-state index >= 15 is 0 Å². The van der Waals surface area contributed by atoms with Gasteiger partial charge in [0, 0.05) is 6.54 Å². The smallest absolute Gasteiger partial charge is 0.269 e. The van der Waals surface area contributed by atoms with E-state index in [4.69, 9.17) is 16.9 Å². The van der Waals surface area contributed by atoms with Crippen molar-refractivity contribution in [1.82, 2.24) is 4.57 Å². The maximum atomic E-state index is 11.7. The van der Waals surface area contributed by atoms with Crippen LogP contribution in [-0.4, -0.2) is 10.9 Å². The molecular formula is C10H9ClN2O2. The van der Waals surface area contributed by atoms with E-state index in [1.165, 1.54) is 11.5 Å². The highest BCUT2D eigenvalue weighted by atomic mass is 35.5. The Labute approximate surface area is 91.7 Å². The fourth-order valence-electron chi connectivity index (χ4n) is 1.37. The lowest BCUT2D eigenvalue weighted by molar-refractivity contribution is 0.112. The van der Waals surface area contributed by atoms with Gasteiger partial charge >= 0.3 is 0 Å². The molecule has 1 aromatic rings. The van der Waals surface area contributed by atoms with Crippen LogP contribution in [-0.2, 0) is 6.54 Å². The zero-order valence-electron chi connectivity index (χ0n) is 8.37. The van der Waals surface area contributed by atoms with Gasteiger partial charge in [-0.2, -0.15) is 5.26 Å². The molecule has 0 amide bonds. The van der Waals surface area contributed by atoms with Crippen molar-refractivity contribution in [3.8, 4) is 6.07 Å². The van der Waals surface area contributed by atoms with Crippen LogP contribution < -0.4 is 5.56 Å². The Morgan fingerprint density at radius 2 is 2.20 bits per heavy atom. The minimum atomic E-state index is -0.451. The first-order valence-corrected chi connectivity index (χ1v) is 4.74. The van der Waals surface area contributed by atoms with Crippen LogP contribution in [0.1, 0.15) is 28.4 Å². The monoisotopic (exact) mass is 224 g/mol. The molecule has 4 nitrogen and oxygen atoms in total. The molecule has 0 atom stereocenters. The zero-order chi connectivity index (χ0) is 11.6. The van der Waals surface area contributed by atoms with Gasteiger partial charge in [0.25, 0.3) is 5.56 Å². The number of nitriles is 1. The molecule has 15 heavy (non-hydrogen) atoms. The molecule has 0 aromatic carbocycles. The van der Waals surface area contributed by atoms with Gasteiger partial charge in [-0.3, -0.25) is 14.2 Å². The van der Waals surface area contributed by atoms with E-state index < -0.39 is 5.56 Å². The van der Waals surface area contributed by atoms with E-state index in [0.29, 0.717) is 18.4 Å². The Kier molecular flexibility index (Phi) is 3.28. The Hall–Kier alpha value is -1.60. The number of pyridine rings is 1. The summed E-state index contributed by atoms with van der Waals surface area (Å²) in [5, 5.41) is 8.90. The van der Waals surface area contributed by atoms with E-state index in [0.717, 1.165) is 0 Å². The predicted molar refractivity (Wildman–Crippen MR) is 56.2 cm³/mol. The number of carbonyl (C=O) groups is 1. The second-order valence-electron chi connectivity index (χ2n) is 2.98. The second kappa shape index (κ2) is 4.28. The first-order valence-electron chi connectivity index (χ1n) is 4.36. The summed E-state index contributed by atoms with van der Waals surface area (Å²) in [6.07, 6.45) is 0.560. The van der Waals surface area contributed by atoms with Crippen LogP contribution in [0.5, 0.6) is 0 Å². The number of hydrogen-bond acceptors (Lipinski definition) is 3. The topological polar surface area (TPSA) is 62.9 Å². The lowest BCUT2D eigenvalue weighted by atomic mass is 10.1. The maximum absolute atomic E-state index is 11.7. The van der Waals surface area contributed by atoms with Gasteiger partial charge in [-0.05, 0) is 19.4 Å². The van der Waals surface area contributed by atoms with Crippen LogP contribution in [0.15, 0.2) is 4.79 Å². The summed E-state index contributed by atoms with van der Waals surface area (Å²) in [4.78, 5) is 22.5. The van der Waals surface area contributed by atoms with Crippen molar-refractivity contribution in [3.63, 3.8) is 0 Å². The van der Waals surface area contributed by atoms with Gasteiger partial charge in [0.15, 0.2) is 6.29 Å².